The molecule has 78 valence electrons. The minimum atomic E-state index is -3.01. The molecule has 0 spiro atoms. The van der Waals surface area contributed by atoms with Gasteiger partial charge in [-0.1, -0.05) is 0 Å². The van der Waals surface area contributed by atoms with Crippen molar-refractivity contribution in [3.8, 4) is 0 Å². The molecule has 0 radical (unpaired) electrons. The van der Waals surface area contributed by atoms with Gasteiger partial charge in [0.2, 0.25) is 0 Å². The van der Waals surface area contributed by atoms with Gasteiger partial charge in [-0.2, -0.15) is 0 Å². The van der Waals surface area contributed by atoms with Gasteiger partial charge in [-0.25, -0.2) is 18.2 Å². The molecule has 0 aliphatic heterocycles. The average molecular weight is 206 g/mol. The third kappa shape index (κ3) is 2.02. The summed E-state index contributed by atoms with van der Waals surface area (Å²) >= 11 is 0. The monoisotopic (exact) mass is 206 g/mol. The minimum absolute atomic E-state index is 0.0119. The molecule has 0 unspecified atom stereocenters. The lowest BCUT2D eigenvalue weighted by Gasteiger charge is -2.07. The zero-order valence-corrected chi connectivity index (χ0v) is 7.17. The van der Waals surface area contributed by atoms with Gasteiger partial charge < -0.3 is 10.8 Å². The molecule has 6 heteroatoms. The maximum Gasteiger partial charge on any atom is 0.283 e. The smallest absolute Gasteiger partial charge is 0.283 e. The Morgan fingerprint density at radius 1 is 1.50 bits per heavy atom. The highest BCUT2D eigenvalue weighted by Crippen LogP contribution is 2.22. The van der Waals surface area contributed by atoms with Gasteiger partial charge in [0.15, 0.2) is 5.82 Å². The number of alkyl halides is 2. The molecule has 0 bridgehead atoms. The Bertz CT molecular complexity index is 331. The third-order valence-corrected chi connectivity index (χ3v) is 1.70. The number of aromatic nitrogens is 1. The van der Waals surface area contributed by atoms with Crippen molar-refractivity contribution in [2.75, 3.05) is 0 Å². The zero-order valence-electron chi connectivity index (χ0n) is 7.17. The predicted octanol–water partition coefficient (Wildman–Crippen LogP) is 1.11. The molecule has 3 nitrogen and oxygen atoms in total. The Hall–Kier alpha value is -1.14. The first kappa shape index (κ1) is 10.9. The summed E-state index contributed by atoms with van der Waals surface area (Å²) in [6, 6.07) is 1.17. The fourth-order valence-electron chi connectivity index (χ4n) is 1.04. The summed E-state index contributed by atoms with van der Waals surface area (Å²) < 4.78 is 37.6. The van der Waals surface area contributed by atoms with Gasteiger partial charge in [0.05, 0.1) is 12.3 Å². The number of aliphatic hydroxyl groups excluding tert-OH is 1. The average Bonchev–Trinajstić information content (AvgIpc) is 2.17. The van der Waals surface area contributed by atoms with Crippen molar-refractivity contribution >= 4 is 0 Å². The maximum absolute atomic E-state index is 13.1. The number of nitrogens with two attached hydrogens (primary N) is 1. The molecule has 1 aromatic heterocycles. The van der Waals surface area contributed by atoms with Gasteiger partial charge in [-0.05, 0) is 6.07 Å². The summed E-state index contributed by atoms with van der Waals surface area (Å²) in [5, 5.41) is 8.68. The van der Waals surface area contributed by atoms with E-state index in [0.29, 0.717) is 0 Å². The standard InChI is InChI=1S/C8H9F3N2O/c9-6-4(2-12)1-5(3-14)13-7(6)8(10)11/h1,8,14H,2-3,12H2. The predicted molar refractivity (Wildman–Crippen MR) is 43.0 cm³/mol. The van der Waals surface area contributed by atoms with Crippen molar-refractivity contribution in [3.05, 3.63) is 28.8 Å². The lowest BCUT2D eigenvalue weighted by Crippen LogP contribution is -2.08. The molecule has 0 fully saturated rings. The Morgan fingerprint density at radius 3 is 2.57 bits per heavy atom. The van der Waals surface area contributed by atoms with Crippen LogP contribution in [0.3, 0.4) is 0 Å². The van der Waals surface area contributed by atoms with Gasteiger partial charge in [0.1, 0.15) is 5.69 Å². The summed E-state index contributed by atoms with van der Waals surface area (Å²) in [7, 11) is 0. The molecule has 1 aromatic rings. The van der Waals surface area contributed by atoms with Crippen LogP contribution in [0.4, 0.5) is 13.2 Å². The van der Waals surface area contributed by atoms with Crippen molar-refractivity contribution in [1.82, 2.24) is 4.98 Å². The van der Waals surface area contributed by atoms with Gasteiger partial charge in [-0.15, -0.1) is 0 Å². The van der Waals surface area contributed by atoms with E-state index < -0.39 is 24.5 Å². The van der Waals surface area contributed by atoms with E-state index in [0.717, 1.165) is 0 Å². The number of aliphatic hydroxyl groups is 1. The highest BCUT2D eigenvalue weighted by molar-refractivity contribution is 5.24. The topological polar surface area (TPSA) is 59.1 Å². The van der Waals surface area contributed by atoms with E-state index in [2.05, 4.69) is 4.98 Å². The second-order valence-corrected chi connectivity index (χ2v) is 2.63. The Balaban J connectivity index is 3.27. The minimum Gasteiger partial charge on any atom is -0.390 e. The zero-order chi connectivity index (χ0) is 10.7. The van der Waals surface area contributed by atoms with Crippen LogP contribution >= 0.6 is 0 Å². The van der Waals surface area contributed by atoms with Crippen LogP contribution in [0.1, 0.15) is 23.4 Å². The van der Waals surface area contributed by atoms with Crippen LogP contribution in [0, 0.1) is 5.82 Å². The Kier molecular flexibility index (Phi) is 3.43. The number of hydrogen-bond acceptors (Lipinski definition) is 3. The first-order chi connectivity index (χ1) is 6.60. The number of halogens is 3. The number of pyridine rings is 1. The van der Waals surface area contributed by atoms with Gasteiger partial charge in [0, 0.05) is 12.1 Å². The molecule has 0 aliphatic rings. The van der Waals surface area contributed by atoms with Crippen molar-refractivity contribution in [3.63, 3.8) is 0 Å². The van der Waals surface area contributed by atoms with Crippen LogP contribution < -0.4 is 5.73 Å². The molecule has 0 saturated heterocycles. The molecule has 1 heterocycles. The molecular formula is C8H9F3N2O. The fraction of sp³-hybridized carbons (Fsp3) is 0.375. The van der Waals surface area contributed by atoms with Gasteiger partial charge >= 0.3 is 0 Å². The van der Waals surface area contributed by atoms with E-state index >= 15 is 0 Å². The van der Waals surface area contributed by atoms with Crippen molar-refractivity contribution in [1.29, 1.82) is 0 Å². The summed E-state index contributed by atoms with van der Waals surface area (Å²) in [4.78, 5) is 3.27. The van der Waals surface area contributed by atoms with Gasteiger partial charge in [0.25, 0.3) is 6.43 Å². The van der Waals surface area contributed by atoms with E-state index in [4.69, 9.17) is 10.8 Å². The van der Waals surface area contributed by atoms with E-state index in [1.807, 2.05) is 0 Å². The van der Waals surface area contributed by atoms with E-state index in [1.54, 1.807) is 0 Å². The van der Waals surface area contributed by atoms with E-state index in [1.165, 1.54) is 6.07 Å². The first-order valence-electron chi connectivity index (χ1n) is 3.87. The van der Waals surface area contributed by atoms with Crippen molar-refractivity contribution in [2.45, 2.75) is 19.6 Å². The second-order valence-electron chi connectivity index (χ2n) is 2.63. The fourth-order valence-corrected chi connectivity index (χ4v) is 1.04. The van der Waals surface area contributed by atoms with Crippen LogP contribution in [0.15, 0.2) is 6.07 Å². The highest BCUT2D eigenvalue weighted by Gasteiger charge is 2.19. The van der Waals surface area contributed by atoms with Crippen LogP contribution in [0.2, 0.25) is 0 Å². The Morgan fingerprint density at radius 2 is 2.14 bits per heavy atom. The van der Waals surface area contributed by atoms with Crippen LogP contribution in [-0.4, -0.2) is 10.1 Å². The van der Waals surface area contributed by atoms with Crippen molar-refractivity contribution in [2.24, 2.45) is 5.73 Å². The van der Waals surface area contributed by atoms with E-state index in [-0.39, 0.29) is 17.8 Å². The molecule has 0 amide bonds. The van der Waals surface area contributed by atoms with Gasteiger partial charge in [-0.3, -0.25) is 0 Å². The number of nitrogens with zero attached hydrogens (tertiary/aromatic N) is 1. The third-order valence-electron chi connectivity index (χ3n) is 1.70. The normalized spacial score (nSPS) is 11.0. The highest BCUT2D eigenvalue weighted by atomic mass is 19.3. The summed E-state index contributed by atoms with van der Waals surface area (Å²) in [5.41, 5.74) is 4.11. The molecule has 14 heavy (non-hydrogen) atoms. The quantitative estimate of drug-likeness (QED) is 0.778. The van der Waals surface area contributed by atoms with Crippen LogP contribution in [0.5, 0.6) is 0 Å². The Labute approximate surface area is 78.4 Å². The maximum atomic E-state index is 13.1. The molecule has 1 rings (SSSR count). The molecule has 0 saturated carbocycles. The molecule has 0 atom stereocenters. The molecular weight excluding hydrogens is 197 g/mol. The SMILES string of the molecule is NCc1cc(CO)nc(C(F)F)c1F. The lowest BCUT2D eigenvalue weighted by molar-refractivity contribution is 0.139. The number of rotatable bonds is 3. The second kappa shape index (κ2) is 4.39. The summed E-state index contributed by atoms with van der Waals surface area (Å²) in [6.07, 6.45) is -3.01. The molecule has 0 aliphatic carbocycles. The summed E-state index contributed by atoms with van der Waals surface area (Å²) in [6.45, 7) is -0.728. The summed E-state index contributed by atoms with van der Waals surface area (Å²) in [5.74, 6) is -1.10. The molecule has 3 N–H and O–H groups in total. The van der Waals surface area contributed by atoms with E-state index in [9.17, 15) is 13.2 Å². The first-order valence-corrected chi connectivity index (χ1v) is 3.87. The van der Waals surface area contributed by atoms with Crippen LogP contribution in [-0.2, 0) is 13.2 Å². The molecule has 0 aromatic carbocycles. The number of hydrogen-bond donors (Lipinski definition) is 2. The largest absolute Gasteiger partial charge is 0.390 e. The van der Waals surface area contributed by atoms with Crippen molar-refractivity contribution < 1.29 is 18.3 Å². The van der Waals surface area contributed by atoms with Crippen LogP contribution in [0.25, 0.3) is 0 Å². The lowest BCUT2D eigenvalue weighted by atomic mass is 10.1.